The number of piperazine rings is 1. The maximum absolute atomic E-state index is 13.3. The first-order valence-electron chi connectivity index (χ1n) is 10.7. The van der Waals surface area contributed by atoms with E-state index in [0.717, 1.165) is 43.5 Å². The number of aromatic nitrogens is 3. The highest BCUT2D eigenvalue weighted by atomic mass is 32.2. The first-order valence-corrected chi connectivity index (χ1v) is 11.7. The Balaban J connectivity index is 1.45. The summed E-state index contributed by atoms with van der Waals surface area (Å²) in [4.78, 5) is 20.8. The molecule has 0 atom stereocenters. The van der Waals surface area contributed by atoms with E-state index in [9.17, 15) is 18.0 Å². The van der Waals surface area contributed by atoms with Gasteiger partial charge in [0.1, 0.15) is 0 Å². The van der Waals surface area contributed by atoms with E-state index < -0.39 is 17.6 Å². The molecule has 1 N–H and O–H groups in total. The highest BCUT2D eigenvalue weighted by molar-refractivity contribution is 7.99. The van der Waals surface area contributed by atoms with Gasteiger partial charge in [-0.05, 0) is 36.9 Å². The Morgan fingerprint density at radius 3 is 2.53 bits per heavy atom. The number of hydrogen-bond acceptors (Lipinski definition) is 8. The highest BCUT2D eigenvalue weighted by Crippen LogP contribution is 2.36. The number of rotatable bonds is 7. The second-order valence-electron chi connectivity index (χ2n) is 7.60. The van der Waals surface area contributed by atoms with Crippen LogP contribution in [-0.4, -0.2) is 64.5 Å². The Morgan fingerprint density at radius 1 is 1.12 bits per heavy atom. The fourth-order valence-electron chi connectivity index (χ4n) is 3.59. The van der Waals surface area contributed by atoms with E-state index in [4.69, 9.17) is 4.42 Å². The van der Waals surface area contributed by atoms with Crippen LogP contribution >= 0.6 is 11.8 Å². The summed E-state index contributed by atoms with van der Waals surface area (Å²) < 4.78 is 45.5. The number of anilines is 2. The third kappa shape index (κ3) is 5.86. The lowest BCUT2D eigenvalue weighted by atomic mass is 10.1. The Morgan fingerprint density at radius 2 is 1.85 bits per heavy atom. The van der Waals surface area contributed by atoms with Gasteiger partial charge in [0.05, 0.1) is 22.7 Å². The van der Waals surface area contributed by atoms with Crippen molar-refractivity contribution in [3.05, 3.63) is 48.3 Å². The molecule has 0 aliphatic carbocycles. The van der Waals surface area contributed by atoms with Crippen LogP contribution in [0.2, 0.25) is 0 Å². The van der Waals surface area contributed by atoms with Crippen LogP contribution in [0.5, 0.6) is 0 Å². The molecule has 12 heteroatoms. The molecule has 8 nitrogen and oxygen atoms in total. The zero-order valence-corrected chi connectivity index (χ0v) is 19.2. The first-order chi connectivity index (χ1) is 16.3. The van der Waals surface area contributed by atoms with Crippen molar-refractivity contribution in [1.82, 2.24) is 20.1 Å². The van der Waals surface area contributed by atoms with E-state index in [0.29, 0.717) is 24.3 Å². The van der Waals surface area contributed by atoms with E-state index in [1.54, 1.807) is 24.5 Å². The number of nitrogens with zero attached hydrogens (tertiary/aromatic N) is 5. The van der Waals surface area contributed by atoms with Crippen molar-refractivity contribution in [3.63, 3.8) is 0 Å². The summed E-state index contributed by atoms with van der Waals surface area (Å²) in [5.41, 5.74) is 0.578. The summed E-state index contributed by atoms with van der Waals surface area (Å²) in [6, 6.07) is 6.88. The Bertz CT molecular complexity index is 1120. The van der Waals surface area contributed by atoms with Crippen molar-refractivity contribution < 1.29 is 22.4 Å². The summed E-state index contributed by atoms with van der Waals surface area (Å²) in [5.74, 6) is -0.282. The number of carbonyl (C=O) groups excluding carboxylic acids is 1. The SMILES string of the molecule is CCN1CCN(c2ccc(C(F)(F)F)cc2NC(=O)CSc2nnc(-c3ccncc3)o2)CC1. The number of hydrogen-bond donors (Lipinski definition) is 1. The molecule has 2 aromatic heterocycles. The fourth-order valence-corrected chi connectivity index (χ4v) is 4.15. The largest absolute Gasteiger partial charge is 0.416 e. The van der Waals surface area contributed by atoms with Crippen LogP contribution in [0, 0.1) is 0 Å². The molecule has 4 rings (SSSR count). The van der Waals surface area contributed by atoms with Gasteiger partial charge in [-0.15, -0.1) is 10.2 Å². The van der Waals surface area contributed by atoms with Crippen LogP contribution in [0.1, 0.15) is 12.5 Å². The first kappa shape index (κ1) is 24.0. The standard InChI is InChI=1S/C22H23F3N6O2S/c1-2-30-9-11-31(12-10-30)18-4-3-16(22(23,24)25)13-17(18)27-19(32)14-34-21-29-28-20(33-21)15-5-7-26-8-6-15/h3-8,13H,2,9-12,14H2,1H3,(H,27,32). The number of nitrogens with one attached hydrogen (secondary N) is 1. The van der Waals surface area contributed by atoms with Crippen LogP contribution in [0.25, 0.3) is 11.5 Å². The zero-order chi connectivity index (χ0) is 24.1. The van der Waals surface area contributed by atoms with Crippen molar-refractivity contribution >= 4 is 29.0 Å². The summed E-state index contributed by atoms with van der Waals surface area (Å²) in [5, 5.41) is 10.7. The molecule has 0 radical (unpaired) electrons. The van der Waals surface area contributed by atoms with Crippen molar-refractivity contribution in [3.8, 4) is 11.5 Å². The number of carbonyl (C=O) groups is 1. The molecule has 0 unspecified atom stereocenters. The third-order valence-electron chi connectivity index (χ3n) is 5.42. The molecular formula is C22H23F3N6O2S. The maximum Gasteiger partial charge on any atom is 0.416 e. The molecule has 1 fully saturated rings. The number of pyridine rings is 1. The molecule has 3 aromatic rings. The lowest BCUT2D eigenvalue weighted by Crippen LogP contribution is -2.46. The normalized spacial score (nSPS) is 14.9. The molecule has 1 aromatic carbocycles. The van der Waals surface area contributed by atoms with E-state index in [1.165, 1.54) is 6.07 Å². The number of amides is 1. The van der Waals surface area contributed by atoms with E-state index in [1.807, 2.05) is 4.90 Å². The highest BCUT2D eigenvalue weighted by Gasteiger charge is 2.32. The predicted molar refractivity (Wildman–Crippen MR) is 123 cm³/mol. The van der Waals surface area contributed by atoms with Gasteiger partial charge in [0, 0.05) is 44.1 Å². The minimum absolute atomic E-state index is 0.0999. The van der Waals surface area contributed by atoms with Gasteiger partial charge in [0.15, 0.2) is 0 Å². The lowest BCUT2D eigenvalue weighted by Gasteiger charge is -2.36. The molecule has 1 amide bonds. The van der Waals surface area contributed by atoms with E-state index in [2.05, 4.69) is 32.3 Å². The van der Waals surface area contributed by atoms with Gasteiger partial charge in [-0.3, -0.25) is 9.78 Å². The van der Waals surface area contributed by atoms with Gasteiger partial charge in [0.2, 0.25) is 11.8 Å². The maximum atomic E-state index is 13.3. The van der Waals surface area contributed by atoms with Gasteiger partial charge in [-0.1, -0.05) is 18.7 Å². The van der Waals surface area contributed by atoms with Crippen LogP contribution in [0.3, 0.4) is 0 Å². The molecule has 180 valence electrons. The minimum atomic E-state index is -4.51. The van der Waals surface area contributed by atoms with Gasteiger partial charge < -0.3 is 19.5 Å². The predicted octanol–water partition coefficient (Wildman–Crippen LogP) is 4.02. The van der Waals surface area contributed by atoms with Gasteiger partial charge in [-0.2, -0.15) is 13.2 Å². The molecule has 3 heterocycles. The Labute approximate surface area is 198 Å². The zero-order valence-electron chi connectivity index (χ0n) is 18.4. The van der Waals surface area contributed by atoms with Gasteiger partial charge >= 0.3 is 6.18 Å². The molecule has 0 spiro atoms. The number of alkyl halides is 3. The van der Waals surface area contributed by atoms with Crippen LogP contribution in [0.15, 0.2) is 52.4 Å². The summed E-state index contributed by atoms with van der Waals surface area (Å²) >= 11 is 1.01. The second-order valence-corrected chi connectivity index (χ2v) is 8.52. The summed E-state index contributed by atoms with van der Waals surface area (Å²) in [7, 11) is 0. The molecular weight excluding hydrogens is 469 g/mol. The van der Waals surface area contributed by atoms with E-state index >= 15 is 0 Å². The average molecular weight is 493 g/mol. The smallest absolute Gasteiger partial charge is 0.411 e. The van der Waals surface area contributed by atoms with Crippen molar-refractivity contribution in [2.45, 2.75) is 18.3 Å². The molecule has 34 heavy (non-hydrogen) atoms. The van der Waals surface area contributed by atoms with Crippen molar-refractivity contribution in [2.24, 2.45) is 0 Å². The summed E-state index contributed by atoms with van der Waals surface area (Å²) in [6.07, 6.45) is -1.33. The third-order valence-corrected chi connectivity index (χ3v) is 6.24. The van der Waals surface area contributed by atoms with Crippen LogP contribution in [-0.2, 0) is 11.0 Å². The van der Waals surface area contributed by atoms with Crippen LogP contribution < -0.4 is 10.2 Å². The van der Waals surface area contributed by atoms with Crippen molar-refractivity contribution in [2.75, 3.05) is 48.7 Å². The fraction of sp³-hybridized carbons (Fsp3) is 0.364. The Hall–Kier alpha value is -3.12. The summed E-state index contributed by atoms with van der Waals surface area (Å²) in [6.45, 7) is 5.92. The lowest BCUT2D eigenvalue weighted by molar-refractivity contribution is -0.137. The van der Waals surface area contributed by atoms with Gasteiger partial charge in [0.25, 0.3) is 5.22 Å². The molecule has 0 bridgehead atoms. The van der Waals surface area contributed by atoms with Gasteiger partial charge in [-0.25, -0.2) is 0 Å². The number of likely N-dealkylation sites (N-methyl/N-ethyl adjacent to an activating group) is 1. The monoisotopic (exact) mass is 492 g/mol. The average Bonchev–Trinajstić information content (AvgIpc) is 3.32. The molecule has 0 saturated carbocycles. The van der Waals surface area contributed by atoms with Crippen LogP contribution in [0.4, 0.5) is 24.5 Å². The number of halogens is 3. The van der Waals surface area contributed by atoms with Crippen molar-refractivity contribution in [1.29, 1.82) is 0 Å². The Kier molecular flexibility index (Phi) is 7.37. The molecule has 1 aliphatic heterocycles. The number of benzene rings is 1. The number of thioether (sulfide) groups is 1. The second kappa shape index (κ2) is 10.4. The molecule has 1 aliphatic rings. The minimum Gasteiger partial charge on any atom is -0.411 e. The topological polar surface area (TPSA) is 87.4 Å². The molecule has 1 saturated heterocycles. The quantitative estimate of drug-likeness (QED) is 0.495. The van der Waals surface area contributed by atoms with E-state index in [-0.39, 0.29) is 22.6 Å².